The molecule has 2 aromatic rings. The highest BCUT2D eigenvalue weighted by molar-refractivity contribution is 5.66. The largest absolute Gasteiger partial charge is 0.497 e. The van der Waals surface area contributed by atoms with Crippen LogP contribution < -0.4 is 9.47 Å². The fourth-order valence-corrected chi connectivity index (χ4v) is 4.82. The third-order valence-corrected chi connectivity index (χ3v) is 6.60. The van der Waals surface area contributed by atoms with Crippen LogP contribution in [0.2, 0.25) is 0 Å². The molecule has 0 amide bonds. The van der Waals surface area contributed by atoms with Crippen LogP contribution in [0.3, 0.4) is 0 Å². The van der Waals surface area contributed by atoms with Crippen molar-refractivity contribution in [3.8, 4) is 17.6 Å². The lowest BCUT2D eigenvalue weighted by molar-refractivity contribution is -0.169. The molecule has 0 unspecified atom stereocenters. The van der Waals surface area contributed by atoms with Gasteiger partial charge in [-0.2, -0.15) is 5.26 Å². The zero-order valence-corrected chi connectivity index (χ0v) is 21.9. The van der Waals surface area contributed by atoms with Crippen molar-refractivity contribution in [1.29, 1.82) is 5.26 Å². The van der Waals surface area contributed by atoms with Gasteiger partial charge in [0.05, 0.1) is 44.2 Å². The first-order valence-electron chi connectivity index (χ1n) is 12.7. The predicted octanol–water partition coefficient (Wildman–Crippen LogP) is 4.04. The summed E-state index contributed by atoms with van der Waals surface area (Å²) in [6.45, 7) is 3.83. The third-order valence-electron chi connectivity index (χ3n) is 6.60. The van der Waals surface area contributed by atoms with Crippen LogP contribution in [0.1, 0.15) is 61.5 Å². The van der Waals surface area contributed by atoms with E-state index in [4.69, 9.17) is 28.4 Å². The summed E-state index contributed by atoms with van der Waals surface area (Å²) in [7, 11) is 1.62. The average molecular weight is 524 g/mol. The average Bonchev–Trinajstić information content (AvgIpc) is 3.41. The number of rotatable bonds is 9. The molecule has 2 aliphatic heterocycles. The van der Waals surface area contributed by atoms with Crippen LogP contribution in [0, 0.1) is 11.3 Å². The van der Waals surface area contributed by atoms with Crippen molar-refractivity contribution >= 4 is 11.9 Å². The first-order valence-corrected chi connectivity index (χ1v) is 12.7. The van der Waals surface area contributed by atoms with Crippen LogP contribution in [0.4, 0.5) is 0 Å². The van der Waals surface area contributed by atoms with Crippen molar-refractivity contribution in [2.24, 2.45) is 0 Å². The number of hydrogen-bond donors (Lipinski definition) is 0. The van der Waals surface area contributed by atoms with E-state index in [1.54, 1.807) is 13.2 Å². The van der Waals surface area contributed by atoms with Crippen LogP contribution >= 0.6 is 0 Å². The molecule has 2 aliphatic rings. The highest BCUT2D eigenvalue weighted by Crippen LogP contribution is 2.40. The van der Waals surface area contributed by atoms with Crippen molar-refractivity contribution in [2.75, 3.05) is 26.9 Å². The summed E-state index contributed by atoms with van der Waals surface area (Å²) in [5.74, 6) is 0.491. The Kier molecular flexibility index (Phi) is 9.21. The number of esters is 2. The Labute approximate surface area is 222 Å². The molecular weight excluding hydrogens is 490 g/mol. The number of carbonyl (C=O) groups is 2. The molecule has 0 bridgehead atoms. The summed E-state index contributed by atoms with van der Waals surface area (Å²) >= 11 is 0. The van der Waals surface area contributed by atoms with Crippen molar-refractivity contribution in [3.63, 3.8) is 0 Å². The van der Waals surface area contributed by atoms with Gasteiger partial charge < -0.3 is 28.4 Å². The highest BCUT2D eigenvalue weighted by atomic mass is 16.6. The lowest BCUT2D eigenvalue weighted by Gasteiger charge is -2.36. The van der Waals surface area contributed by atoms with Gasteiger partial charge in [-0.05, 0) is 41.8 Å². The molecule has 0 N–H and O–H groups in total. The molecule has 0 radical (unpaired) electrons. The van der Waals surface area contributed by atoms with Gasteiger partial charge >= 0.3 is 11.9 Å². The zero-order chi connectivity index (χ0) is 27.1. The van der Waals surface area contributed by atoms with Crippen molar-refractivity contribution in [3.05, 3.63) is 58.7 Å². The molecule has 0 spiro atoms. The third kappa shape index (κ3) is 7.24. The Morgan fingerprint density at radius 3 is 2.50 bits per heavy atom. The Morgan fingerprint density at radius 2 is 1.87 bits per heavy atom. The van der Waals surface area contributed by atoms with E-state index in [9.17, 15) is 14.9 Å². The van der Waals surface area contributed by atoms with E-state index in [0.717, 1.165) is 28.9 Å². The molecule has 4 atom stereocenters. The van der Waals surface area contributed by atoms with Crippen LogP contribution in [-0.2, 0) is 35.0 Å². The fourth-order valence-electron chi connectivity index (χ4n) is 4.82. The van der Waals surface area contributed by atoms with E-state index in [2.05, 4.69) is 6.07 Å². The molecule has 2 saturated heterocycles. The molecule has 202 valence electrons. The van der Waals surface area contributed by atoms with Crippen molar-refractivity contribution < 1.29 is 38.0 Å². The Bertz CT molecular complexity index is 1170. The molecule has 4 rings (SSSR count). The molecule has 2 aromatic carbocycles. The van der Waals surface area contributed by atoms with Gasteiger partial charge in [0.1, 0.15) is 30.3 Å². The molecule has 2 heterocycles. The summed E-state index contributed by atoms with van der Waals surface area (Å²) in [5, 5.41) is 9.98. The van der Waals surface area contributed by atoms with Crippen molar-refractivity contribution in [1.82, 2.24) is 0 Å². The SMILES string of the molecule is COc1ccc(Cc2cc([C@H]3C[C@@H](OC(C)=O)C[C@@H](COC(C)=O)O3)c(O[C@H]3CCOC3)cc2C#N)cc1. The van der Waals surface area contributed by atoms with Crippen LogP contribution in [0.25, 0.3) is 0 Å². The summed E-state index contributed by atoms with van der Waals surface area (Å²) in [6.07, 6.45) is 0.535. The maximum absolute atomic E-state index is 11.8. The predicted molar refractivity (Wildman–Crippen MR) is 136 cm³/mol. The summed E-state index contributed by atoms with van der Waals surface area (Å²) in [6, 6.07) is 13.7. The van der Waals surface area contributed by atoms with Gasteiger partial charge in [-0.25, -0.2) is 0 Å². The van der Waals surface area contributed by atoms with Gasteiger partial charge in [0.15, 0.2) is 0 Å². The minimum absolute atomic E-state index is 0.0469. The van der Waals surface area contributed by atoms with Crippen molar-refractivity contribution in [2.45, 2.75) is 63.9 Å². The lowest BCUT2D eigenvalue weighted by atomic mass is 9.91. The van der Waals surface area contributed by atoms with Gasteiger partial charge in [0.2, 0.25) is 0 Å². The molecule has 0 aliphatic carbocycles. The van der Waals surface area contributed by atoms with E-state index in [1.165, 1.54) is 13.8 Å². The Hall–Kier alpha value is -3.61. The fraction of sp³-hybridized carbons (Fsp3) is 0.483. The molecule has 38 heavy (non-hydrogen) atoms. The van der Waals surface area contributed by atoms with E-state index in [1.807, 2.05) is 30.3 Å². The zero-order valence-electron chi connectivity index (χ0n) is 21.9. The smallest absolute Gasteiger partial charge is 0.302 e. The molecule has 0 saturated carbocycles. The standard InChI is InChI=1S/C29H33NO8/c1-18(31)35-17-26-13-25(36-19(2)32)14-29(38-26)27-11-21(10-20-4-6-23(33-3)7-5-20)22(15-30)12-28(27)37-24-8-9-34-16-24/h4-7,11-12,24-26,29H,8-10,13-14,16-17H2,1-3H3/t24-,25-,26-,29+/m0/s1. The number of ether oxygens (including phenoxy) is 6. The van der Waals surface area contributed by atoms with Gasteiger partial charge in [0, 0.05) is 38.7 Å². The van der Waals surface area contributed by atoms with Gasteiger partial charge in [0.25, 0.3) is 0 Å². The second-order valence-corrected chi connectivity index (χ2v) is 9.54. The first kappa shape index (κ1) is 27.4. The second-order valence-electron chi connectivity index (χ2n) is 9.54. The van der Waals surface area contributed by atoms with E-state index < -0.39 is 24.3 Å². The van der Waals surface area contributed by atoms with Crippen LogP contribution in [0.15, 0.2) is 36.4 Å². The van der Waals surface area contributed by atoms with Crippen LogP contribution in [-0.4, -0.2) is 57.2 Å². The number of methoxy groups -OCH3 is 1. The molecular formula is C29H33NO8. The summed E-state index contributed by atoms with van der Waals surface area (Å²) in [5.41, 5.74) is 3.09. The highest BCUT2D eigenvalue weighted by Gasteiger charge is 2.35. The number of carbonyl (C=O) groups excluding carboxylic acids is 2. The molecule has 2 fully saturated rings. The molecule has 9 heteroatoms. The number of nitriles is 1. The molecule has 9 nitrogen and oxygen atoms in total. The summed E-state index contributed by atoms with van der Waals surface area (Å²) in [4.78, 5) is 23.2. The minimum atomic E-state index is -0.506. The number of hydrogen-bond acceptors (Lipinski definition) is 9. The molecule has 0 aromatic heterocycles. The maximum Gasteiger partial charge on any atom is 0.302 e. The first-order chi connectivity index (χ1) is 18.3. The van der Waals surface area contributed by atoms with E-state index in [-0.39, 0.29) is 18.7 Å². The van der Waals surface area contributed by atoms with Gasteiger partial charge in [-0.15, -0.1) is 0 Å². The Morgan fingerprint density at radius 1 is 1.08 bits per heavy atom. The minimum Gasteiger partial charge on any atom is -0.497 e. The Balaban J connectivity index is 1.69. The van der Waals surface area contributed by atoms with E-state index >= 15 is 0 Å². The summed E-state index contributed by atoms with van der Waals surface area (Å²) < 4.78 is 34.2. The second kappa shape index (κ2) is 12.8. The lowest BCUT2D eigenvalue weighted by Crippen LogP contribution is -2.37. The van der Waals surface area contributed by atoms with E-state index in [0.29, 0.717) is 43.8 Å². The normalized spacial score (nSPS) is 22.8. The van der Waals surface area contributed by atoms with Gasteiger partial charge in [-0.1, -0.05) is 12.1 Å². The topological polar surface area (TPSA) is 113 Å². The number of benzene rings is 2. The monoisotopic (exact) mass is 523 g/mol. The van der Waals surface area contributed by atoms with Gasteiger partial charge in [-0.3, -0.25) is 9.59 Å². The quantitative estimate of drug-likeness (QED) is 0.449. The maximum atomic E-state index is 11.8. The number of nitrogens with zero attached hydrogens (tertiary/aromatic N) is 1. The van der Waals surface area contributed by atoms with Crippen LogP contribution in [0.5, 0.6) is 11.5 Å².